The zero-order valence-corrected chi connectivity index (χ0v) is 17.6. The summed E-state index contributed by atoms with van der Waals surface area (Å²) >= 11 is 13.6. The summed E-state index contributed by atoms with van der Waals surface area (Å²) in [7, 11) is 3.03. The van der Waals surface area contributed by atoms with Crippen LogP contribution in [-0.4, -0.2) is 24.4 Å². The Morgan fingerprint density at radius 1 is 1.18 bits per heavy atom. The highest BCUT2D eigenvalue weighted by molar-refractivity contribution is 7.99. The van der Waals surface area contributed by atoms with E-state index in [0.717, 1.165) is 10.1 Å². The minimum Gasteiger partial charge on any atom is -0.309 e. The Morgan fingerprint density at radius 3 is 2.61 bits per heavy atom. The lowest BCUT2D eigenvalue weighted by Crippen LogP contribution is -2.37. The number of benzene rings is 1. The van der Waals surface area contributed by atoms with Gasteiger partial charge in [0.2, 0.25) is 0 Å². The lowest BCUT2D eigenvalue weighted by molar-refractivity contribution is 0.696. The third-order valence-electron chi connectivity index (χ3n) is 4.30. The van der Waals surface area contributed by atoms with Gasteiger partial charge in [0.25, 0.3) is 5.56 Å². The molecular formula is C18H17Cl2N5O2S. The molecule has 0 unspecified atom stereocenters. The van der Waals surface area contributed by atoms with Gasteiger partial charge in [-0.2, -0.15) is 5.26 Å². The van der Waals surface area contributed by atoms with Gasteiger partial charge in [0.05, 0.1) is 22.7 Å². The first-order chi connectivity index (χ1) is 13.3. The minimum absolute atomic E-state index is 0.330. The van der Waals surface area contributed by atoms with Gasteiger partial charge < -0.3 is 4.57 Å². The van der Waals surface area contributed by atoms with Crippen LogP contribution in [0.2, 0.25) is 10.0 Å². The highest BCUT2D eigenvalue weighted by Crippen LogP contribution is 2.26. The number of hydrogen-bond donors (Lipinski definition) is 0. The van der Waals surface area contributed by atoms with E-state index < -0.39 is 11.2 Å². The molecule has 146 valence electrons. The van der Waals surface area contributed by atoms with Crippen LogP contribution in [0.4, 0.5) is 0 Å². The molecule has 0 bridgehead atoms. The van der Waals surface area contributed by atoms with Crippen LogP contribution in [0, 0.1) is 11.3 Å². The molecule has 0 fully saturated rings. The van der Waals surface area contributed by atoms with Gasteiger partial charge >= 0.3 is 5.69 Å². The second kappa shape index (κ2) is 8.43. The number of nitriles is 1. The molecule has 3 rings (SSSR count). The molecule has 0 atom stereocenters. The number of imidazole rings is 1. The molecule has 0 amide bonds. The molecule has 0 aliphatic carbocycles. The zero-order valence-electron chi connectivity index (χ0n) is 15.3. The maximum absolute atomic E-state index is 12.8. The second-order valence-corrected chi connectivity index (χ2v) is 8.09. The molecule has 0 radical (unpaired) electrons. The van der Waals surface area contributed by atoms with Crippen LogP contribution >= 0.6 is 35.0 Å². The average molecular weight is 438 g/mol. The fourth-order valence-electron chi connectivity index (χ4n) is 2.82. The first-order valence-electron chi connectivity index (χ1n) is 8.45. The summed E-state index contributed by atoms with van der Waals surface area (Å²) in [4.78, 5) is 29.6. The van der Waals surface area contributed by atoms with E-state index in [1.165, 1.54) is 23.4 Å². The van der Waals surface area contributed by atoms with E-state index >= 15 is 0 Å². The van der Waals surface area contributed by atoms with E-state index in [0.29, 0.717) is 51.5 Å². The summed E-state index contributed by atoms with van der Waals surface area (Å²) in [6.45, 7) is 0.349. The number of hydrogen-bond acceptors (Lipinski definition) is 5. The van der Waals surface area contributed by atoms with Crippen molar-refractivity contribution in [3.63, 3.8) is 0 Å². The maximum Gasteiger partial charge on any atom is 0.332 e. The third-order valence-corrected chi connectivity index (χ3v) is 6.10. The van der Waals surface area contributed by atoms with E-state index in [1.54, 1.807) is 23.7 Å². The van der Waals surface area contributed by atoms with Crippen molar-refractivity contribution in [1.29, 1.82) is 5.26 Å². The summed E-state index contributed by atoms with van der Waals surface area (Å²) in [6.07, 6.45) is 1.15. The summed E-state index contributed by atoms with van der Waals surface area (Å²) in [5.41, 5.74) is 0.685. The number of thioether (sulfide) groups is 1. The number of rotatable bonds is 6. The van der Waals surface area contributed by atoms with Crippen molar-refractivity contribution < 1.29 is 0 Å². The molecule has 0 aliphatic heterocycles. The standard InChI is InChI=1S/C18H17Cl2N5O2S/c1-23-15-14(16(26)24(2)18(23)27)25(17(22-15)28-8-4-3-7-21)10-11-5-6-12(19)13(20)9-11/h5-6,9H,3-4,8,10H2,1-2H3. The first kappa shape index (κ1) is 20.5. The zero-order chi connectivity index (χ0) is 20.4. The fourth-order valence-corrected chi connectivity index (χ4v) is 4.07. The highest BCUT2D eigenvalue weighted by Gasteiger charge is 2.19. The topological polar surface area (TPSA) is 85.6 Å². The predicted octanol–water partition coefficient (Wildman–Crippen LogP) is 3.18. The largest absolute Gasteiger partial charge is 0.332 e. The molecule has 3 aromatic rings. The van der Waals surface area contributed by atoms with Crippen molar-refractivity contribution in [3.05, 3.63) is 54.6 Å². The van der Waals surface area contributed by atoms with Crippen LogP contribution in [0.15, 0.2) is 32.9 Å². The van der Waals surface area contributed by atoms with Gasteiger partial charge in [-0.05, 0) is 24.1 Å². The van der Waals surface area contributed by atoms with E-state index in [2.05, 4.69) is 11.1 Å². The van der Waals surface area contributed by atoms with E-state index in [4.69, 9.17) is 28.5 Å². The Morgan fingerprint density at radius 2 is 1.93 bits per heavy atom. The number of aromatic nitrogens is 4. The molecule has 0 N–H and O–H groups in total. The third kappa shape index (κ3) is 3.83. The Balaban J connectivity index is 2.15. The number of unbranched alkanes of at least 4 members (excludes halogenated alkanes) is 1. The summed E-state index contributed by atoms with van der Waals surface area (Å²) in [6, 6.07) is 7.39. The molecule has 10 heteroatoms. The van der Waals surface area contributed by atoms with Crippen LogP contribution in [-0.2, 0) is 20.6 Å². The SMILES string of the molecule is Cn1c(=O)c2c(nc(SCCCC#N)n2Cc2ccc(Cl)c(Cl)c2)n(C)c1=O. The van der Waals surface area contributed by atoms with Crippen molar-refractivity contribution in [3.8, 4) is 6.07 Å². The van der Waals surface area contributed by atoms with Gasteiger partial charge in [0.15, 0.2) is 16.3 Å². The lowest BCUT2D eigenvalue weighted by Gasteiger charge is -2.10. The molecule has 2 heterocycles. The minimum atomic E-state index is -0.433. The molecule has 0 spiro atoms. The molecule has 28 heavy (non-hydrogen) atoms. The van der Waals surface area contributed by atoms with E-state index in [-0.39, 0.29) is 0 Å². The normalized spacial score (nSPS) is 11.1. The molecule has 0 saturated heterocycles. The van der Waals surface area contributed by atoms with Gasteiger partial charge in [0, 0.05) is 26.3 Å². The van der Waals surface area contributed by atoms with Gasteiger partial charge in [-0.3, -0.25) is 13.9 Å². The molecule has 2 aromatic heterocycles. The monoisotopic (exact) mass is 437 g/mol. The number of halogens is 2. The average Bonchev–Trinajstić information content (AvgIpc) is 3.03. The molecule has 0 aliphatic rings. The summed E-state index contributed by atoms with van der Waals surface area (Å²) in [5, 5.41) is 10.2. The predicted molar refractivity (Wildman–Crippen MR) is 111 cm³/mol. The van der Waals surface area contributed by atoms with Crippen LogP contribution in [0.25, 0.3) is 11.2 Å². The van der Waals surface area contributed by atoms with Gasteiger partial charge in [0.1, 0.15) is 0 Å². The van der Waals surface area contributed by atoms with Crippen molar-refractivity contribution in [2.24, 2.45) is 14.1 Å². The van der Waals surface area contributed by atoms with Crippen LogP contribution in [0.1, 0.15) is 18.4 Å². The maximum atomic E-state index is 12.8. The van der Waals surface area contributed by atoms with Crippen molar-refractivity contribution in [2.45, 2.75) is 24.5 Å². The molecule has 0 saturated carbocycles. The molecule has 1 aromatic carbocycles. The number of nitrogens with zero attached hydrogens (tertiary/aromatic N) is 5. The Hall–Kier alpha value is -2.21. The van der Waals surface area contributed by atoms with Gasteiger partial charge in [-0.1, -0.05) is 41.0 Å². The lowest BCUT2D eigenvalue weighted by atomic mass is 10.2. The van der Waals surface area contributed by atoms with Gasteiger partial charge in [-0.25, -0.2) is 9.78 Å². The highest BCUT2D eigenvalue weighted by atomic mass is 35.5. The molecular weight excluding hydrogens is 421 g/mol. The summed E-state index contributed by atoms with van der Waals surface area (Å²) in [5.74, 6) is 0.673. The quantitative estimate of drug-likeness (QED) is 0.436. The first-order valence-corrected chi connectivity index (χ1v) is 10.2. The Kier molecular flexibility index (Phi) is 6.18. The van der Waals surface area contributed by atoms with Crippen LogP contribution < -0.4 is 11.2 Å². The van der Waals surface area contributed by atoms with E-state index in [1.807, 2.05) is 6.07 Å². The van der Waals surface area contributed by atoms with Crippen LogP contribution in [0.3, 0.4) is 0 Å². The van der Waals surface area contributed by atoms with Crippen LogP contribution in [0.5, 0.6) is 0 Å². The number of aryl methyl sites for hydroxylation is 1. The van der Waals surface area contributed by atoms with Crippen molar-refractivity contribution in [1.82, 2.24) is 18.7 Å². The molecule has 7 nitrogen and oxygen atoms in total. The summed E-state index contributed by atoms with van der Waals surface area (Å²) < 4.78 is 4.22. The van der Waals surface area contributed by atoms with E-state index in [9.17, 15) is 9.59 Å². The number of fused-ring (bicyclic) bond motifs is 1. The second-order valence-electron chi connectivity index (χ2n) is 6.22. The van der Waals surface area contributed by atoms with Crippen molar-refractivity contribution >= 4 is 46.1 Å². The Bertz CT molecular complexity index is 1210. The van der Waals surface area contributed by atoms with Crippen molar-refractivity contribution in [2.75, 3.05) is 5.75 Å². The smallest absolute Gasteiger partial charge is 0.309 e. The Labute approximate surface area is 175 Å². The fraction of sp³-hybridized carbons (Fsp3) is 0.333. The van der Waals surface area contributed by atoms with Gasteiger partial charge in [-0.15, -0.1) is 0 Å².